The lowest BCUT2D eigenvalue weighted by Crippen LogP contribution is -2.42. The monoisotopic (exact) mass is 369 g/mol. The van der Waals surface area contributed by atoms with Crippen LogP contribution >= 0.6 is 11.6 Å². The molecule has 1 aromatic rings. The molecule has 0 heterocycles. The van der Waals surface area contributed by atoms with Crippen LogP contribution in [0.5, 0.6) is 0 Å². The summed E-state index contributed by atoms with van der Waals surface area (Å²) in [6, 6.07) is 6.73. The van der Waals surface area contributed by atoms with Crippen LogP contribution in [0.15, 0.2) is 24.3 Å². The summed E-state index contributed by atoms with van der Waals surface area (Å²) >= 11 is 5.95. The van der Waals surface area contributed by atoms with Crippen molar-refractivity contribution in [3.05, 3.63) is 29.3 Å². The number of likely N-dealkylation sites (N-methyl/N-ethyl adjacent to an activating group) is 1. The molecule has 0 unspecified atom stereocenters. The van der Waals surface area contributed by atoms with Gasteiger partial charge in [0.15, 0.2) is 0 Å². The van der Waals surface area contributed by atoms with Crippen molar-refractivity contribution >= 4 is 29.3 Å². The number of carbonyl (C=O) groups excluding carboxylic acids is 2. The van der Waals surface area contributed by atoms with Gasteiger partial charge >= 0.3 is 12.0 Å². The van der Waals surface area contributed by atoms with Crippen molar-refractivity contribution in [2.24, 2.45) is 0 Å². The van der Waals surface area contributed by atoms with E-state index in [1.807, 2.05) is 0 Å². The molecule has 0 aromatic heterocycles. The molecule has 0 radical (unpaired) electrons. The van der Waals surface area contributed by atoms with Gasteiger partial charge in [-0.3, -0.25) is 4.79 Å². The smallest absolute Gasteiger partial charge is 0.321 e. The van der Waals surface area contributed by atoms with Gasteiger partial charge in [0.1, 0.15) is 0 Å². The van der Waals surface area contributed by atoms with E-state index in [1.54, 1.807) is 36.1 Å². The lowest BCUT2D eigenvalue weighted by molar-refractivity contribution is -0.143. The number of benzene rings is 1. The third kappa shape index (κ3) is 8.23. The fourth-order valence-corrected chi connectivity index (χ4v) is 2.54. The van der Waals surface area contributed by atoms with Crippen LogP contribution < -0.4 is 5.32 Å². The highest BCUT2D eigenvalue weighted by atomic mass is 35.5. The highest BCUT2D eigenvalue weighted by Gasteiger charge is 2.16. The average Bonchev–Trinajstić information content (AvgIpc) is 2.58. The highest BCUT2D eigenvalue weighted by Crippen LogP contribution is 2.15. The molecule has 2 amide bonds. The Morgan fingerprint density at radius 3 is 2.44 bits per heavy atom. The number of anilines is 1. The lowest BCUT2D eigenvalue weighted by atomic mass is 10.3. The minimum Gasteiger partial charge on any atom is -0.466 e. The van der Waals surface area contributed by atoms with E-state index in [-0.39, 0.29) is 18.4 Å². The molecule has 0 spiro atoms. The number of ether oxygens (including phenoxy) is 1. The van der Waals surface area contributed by atoms with Crippen molar-refractivity contribution in [2.75, 3.05) is 44.6 Å². The minimum atomic E-state index is -0.300. The van der Waals surface area contributed by atoms with Gasteiger partial charge in [0, 0.05) is 30.3 Å². The van der Waals surface area contributed by atoms with Crippen LogP contribution in [-0.2, 0) is 9.53 Å². The molecule has 1 rings (SSSR count). The first kappa shape index (κ1) is 21.3. The number of hydrogen-bond acceptors (Lipinski definition) is 4. The number of halogens is 1. The predicted molar refractivity (Wildman–Crippen MR) is 101 cm³/mol. The first-order chi connectivity index (χ1) is 12.0. The van der Waals surface area contributed by atoms with Crippen molar-refractivity contribution in [3.8, 4) is 0 Å². The fourth-order valence-electron chi connectivity index (χ4n) is 2.35. The topological polar surface area (TPSA) is 61.9 Å². The van der Waals surface area contributed by atoms with E-state index >= 15 is 0 Å². The number of hydrogen-bond donors (Lipinski definition) is 1. The second-order valence-electron chi connectivity index (χ2n) is 5.51. The van der Waals surface area contributed by atoms with E-state index in [4.69, 9.17) is 16.3 Å². The van der Waals surface area contributed by atoms with Gasteiger partial charge in [-0.1, -0.05) is 31.5 Å². The molecule has 0 aliphatic carbocycles. The SMILES string of the molecule is CCOC(=O)CCN(CCN(CC)CC)C(=O)Nc1cccc(Cl)c1. The van der Waals surface area contributed by atoms with Gasteiger partial charge in [-0.2, -0.15) is 0 Å². The third-order valence-corrected chi connectivity index (χ3v) is 4.07. The Balaban J connectivity index is 2.69. The molecule has 0 bridgehead atoms. The highest BCUT2D eigenvalue weighted by molar-refractivity contribution is 6.30. The van der Waals surface area contributed by atoms with E-state index in [1.165, 1.54) is 0 Å². The minimum absolute atomic E-state index is 0.176. The van der Waals surface area contributed by atoms with Crippen LogP contribution in [0.3, 0.4) is 0 Å². The van der Waals surface area contributed by atoms with Gasteiger partial charge in [-0.15, -0.1) is 0 Å². The molecule has 140 valence electrons. The number of urea groups is 1. The molecule has 25 heavy (non-hydrogen) atoms. The standard InChI is InChI=1S/C18H28ClN3O3/c1-4-21(5-2)12-13-22(11-10-17(23)25-6-3)18(24)20-16-9-7-8-15(19)14-16/h7-9,14H,4-6,10-13H2,1-3H3,(H,20,24). The van der Waals surface area contributed by atoms with Crippen molar-refractivity contribution in [1.82, 2.24) is 9.80 Å². The number of nitrogens with one attached hydrogen (secondary N) is 1. The summed E-state index contributed by atoms with van der Waals surface area (Å²) in [4.78, 5) is 28.1. The van der Waals surface area contributed by atoms with Gasteiger partial charge in [0.05, 0.1) is 13.0 Å². The zero-order valence-corrected chi connectivity index (χ0v) is 16.0. The van der Waals surface area contributed by atoms with Gasteiger partial charge in [0.2, 0.25) is 0 Å². The van der Waals surface area contributed by atoms with Crippen molar-refractivity contribution in [1.29, 1.82) is 0 Å². The first-order valence-corrected chi connectivity index (χ1v) is 9.07. The molecular formula is C18H28ClN3O3. The van der Waals surface area contributed by atoms with Crippen LogP contribution in [0.1, 0.15) is 27.2 Å². The summed E-state index contributed by atoms with van der Waals surface area (Å²) in [5.41, 5.74) is 0.626. The first-order valence-electron chi connectivity index (χ1n) is 8.69. The number of carbonyl (C=O) groups is 2. The number of nitrogens with zero attached hydrogens (tertiary/aromatic N) is 2. The molecule has 0 aliphatic rings. The fraction of sp³-hybridized carbons (Fsp3) is 0.556. The summed E-state index contributed by atoms with van der Waals surface area (Å²) in [7, 11) is 0. The largest absolute Gasteiger partial charge is 0.466 e. The second kappa shape index (κ2) is 11.7. The number of amides is 2. The molecule has 0 saturated carbocycles. The zero-order chi connectivity index (χ0) is 18.7. The van der Waals surface area contributed by atoms with Crippen LogP contribution in [0.25, 0.3) is 0 Å². The van der Waals surface area contributed by atoms with Crippen LogP contribution in [-0.4, -0.2) is 61.1 Å². The molecule has 7 heteroatoms. The van der Waals surface area contributed by atoms with E-state index < -0.39 is 0 Å². The Kier molecular flexibility index (Phi) is 9.96. The van der Waals surface area contributed by atoms with Crippen LogP contribution in [0, 0.1) is 0 Å². The normalized spacial score (nSPS) is 10.6. The maximum Gasteiger partial charge on any atom is 0.321 e. The van der Waals surface area contributed by atoms with Gasteiger partial charge in [-0.05, 0) is 38.2 Å². The summed E-state index contributed by atoms with van der Waals surface area (Å²) in [5.74, 6) is -0.300. The molecular weight excluding hydrogens is 342 g/mol. The Morgan fingerprint density at radius 1 is 1.12 bits per heavy atom. The molecule has 6 nitrogen and oxygen atoms in total. The summed E-state index contributed by atoms with van der Waals surface area (Å²) in [5, 5.41) is 3.38. The Labute approximate surface area is 155 Å². The van der Waals surface area contributed by atoms with E-state index in [2.05, 4.69) is 24.1 Å². The molecule has 1 aromatic carbocycles. The van der Waals surface area contributed by atoms with Crippen LogP contribution in [0.2, 0.25) is 5.02 Å². The average molecular weight is 370 g/mol. The lowest BCUT2D eigenvalue weighted by Gasteiger charge is -2.26. The van der Waals surface area contributed by atoms with Crippen molar-refractivity contribution in [3.63, 3.8) is 0 Å². The number of esters is 1. The van der Waals surface area contributed by atoms with Crippen molar-refractivity contribution in [2.45, 2.75) is 27.2 Å². The Bertz CT molecular complexity index is 550. The second-order valence-corrected chi connectivity index (χ2v) is 5.95. The molecule has 0 fully saturated rings. The quantitative estimate of drug-likeness (QED) is 0.641. The van der Waals surface area contributed by atoms with E-state index in [0.717, 1.165) is 19.6 Å². The zero-order valence-electron chi connectivity index (χ0n) is 15.3. The molecule has 0 aliphatic heterocycles. The summed E-state index contributed by atoms with van der Waals surface area (Å²) < 4.78 is 4.95. The summed E-state index contributed by atoms with van der Waals surface area (Å²) in [6.07, 6.45) is 0.176. The molecule has 0 atom stereocenters. The van der Waals surface area contributed by atoms with Gasteiger partial charge in [-0.25, -0.2) is 4.79 Å². The Hall–Kier alpha value is -1.79. The van der Waals surface area contributed by atoms with Crippen LogP contribution in [0.4, 0.5) is 10.5 Å². The third-order valence-electron chi connectivity index (χ3n) is 3.83. The maximum atomic E-state index is 12.6. The molecule has 1 N–H and O–H groups in total. The predicted octanol–water partition coefficient (Wildman–Crippen LogP) is 3.47. The Morgan fingerprint density at radius 2 is 1.84 bits per heavy atom. The van der Waals surface area contributed by atoms with Crippen molar-refractivity contribution < 1.29 is 14.3 Å². The van der Waals surface area contributed by atoms with E-state index in [9.17, 15) is 9.59 Å². The van der Waals surface area contributed by atoms with Gasteiger partial charge < -0.3 is 19.9 Å². The van der Waals surface area contributed by atoms with E-state index in [0.29, 0.717) is 30.4 Å². The maximum absolute atomic E-state index is 12.6. The van der Waals surface area contributed by atoms with Gasteiger partial charge in [0.25, 0.3) is 0 Å². The number of rotatable bonds is 10. The molecule has 0 saturated heterocycles. The summed E-state index contributed by atoms with van der Waals surface area (Å²) in [6.45, 7) is 9.70.